The molecule has 4 nitrogen and oxygen atoms in total. The zero-order valence-electron chi connectivity index (χ0n) is 13.8. The molecule has 0 aromatic heterocycles. The van der Waals surface area contributed by atoms with E-state index in [9.17, 15) is 5.11 Å². The summed E-state index contributed by atoms with van der Waals surface area (Å²) in [4.78, 5) is 2.50. The van der Waals surface area contributed by atoms with Crippen molar-refractivity contribution in [3.63, 3.8) is 0 Å². The van der Waals surface area contributed by atoms with Crippen molar-refractivity contribution in [3.05, 3.63) is 35.4 Å². The Balaban J connectivity index is 1.41. The van der Waals surface area contributed by atoms with E-state index < -0.39 is 11.4 Å². The molecule has 1 aromatic rings. The number of hydrogen-bond donors (Lipinski definition) is 1. The van der Waals surface area contributed by atoms with Crippen LogP contribution in [0.25, 0.3) is 0 Å². The van der Waals surface area contributed by atoms with Crippen molar-refractivity contribution in [2.75, 3.05) is 26.3 Å². The lowest BCUT2D eigenvalue weighted by Crippen LogP contribution is -2.42. The summed E-state index contributed by atoms with van der Waals surface area (Å²) in [7, 11) is 0. The fourth-order valence-electron chi connectivity index (χ4n) is 4.24. The molecule has 0 amide bonds. The SMILES string of the molecule is OC1(c2ccc(CN3CCCC3)cc2)CCC2(CC1)OCCO2. The zero-order valence-corrected chi connectivity index (χ0v) is 13.8. The first-order valence-electron chi connectivity index (χ1n) is 9.00. The van der Waals surface area contributed by atoms with Gasteiger partial charge in [0.05, 0.1) is 18.8 Å². The highest BCUT2D eigenvalue weighted by Gasteiger charge is 2.46. The molecule has 0 radical (unpaired) electrons. The lowest BCUT2D eigenvalue weighted by molar-refractivity contribution is -0.204. The average molecular weight is 317 g/mol. The summed E-state index contributed by atoms with van der Waals surface area (Å²) in [5.41, 5.74) is 1.65. The second-order valence-corrected chi connectivity index (χ2v) is 7.32. The number of ether oxygens (including phenoxy) is 2. The fourth-order valence-corrected chi connectivity index (χ4v) is 4.24. The van der Waals surface area contributed by atoms with E-state index in [4.69, 9.17) is 9.47 Å². The number of nitrogens with zero attached hydrogens (tertiary/aromatic N) is 1. The molecule has 1 spiro atoms. The van der Waals surface area contributed by atoms with E-state index in [0.29, 0.717) is 26.1 Å². The molecular weight excluding hydrogens is 290 g/mol. The third-order valence-electron chi connectivity index (χ3n) is 5.75. The van der Waals surface area contributed by atoms with E-state index in [0.717, 1.165) is 24.9 Å². The molecule has 1 N–H and O–H groups in total. The molecule has 1 aromatic carbocycles. The molecule has 0 bridgehead atoms. The van der Waals surface area contributed by atoms with Gasteiger partial charge >= 0.3 is 0 Å². The summed E-state index contributed by atoms with van der Waals surface area (Å²) in [6, 6.07) is 8.58. The van der Waals surface area contributed by atoms with Gasteiger partial charge in [0.15, 0.2) is 5.79 Å². The number of hydrogen-bond acceptors (Lipinski definition) is 4. The molecular formula is C19H27NO3. The van der Waals surface area contributed by atoms with Crippen molar-refractivity contribution in [2.24, 2.45) is 0 Å². The molecule has 4 rings (SSSR count). The van der Waals surface area contributed by atoms with Crippen LogP contribution in [0.3, 0.4) is 0 Å². The minimum absolute atomic E-state index is 0.415. The normalized spacial score (nSPS) is 26.8. The quantitative estimate of drug-likeness (QED) is 0.931. The van der Waals surface area contributed by atoms with E-state index in [1.807, 2.05) is 0 Å². The van der Waals surface area contributed by atoms with Crippen molar-refractivity contribution in [2.45, 2.75) is 56.5 Å². The molecule has 2 heterocycles. The third kappa shape index (κ3) is 3.18. The summed E-state index contributed by atoms with van der Waals surface area (Å²) in [5, 5.41) is 11.0. The number of likely N-dealkylation sites (tertiary alicyclic amines) is 1. The van der Waals surface area contributed by atoms with Gasteiger partial charge in [0, 0.05) is 19.4 Å². The first-order valence-corrected chi connectivity index (χ1v) is 9.00. The summed E-state index contributed by atoms with van der Waals surface area (Å²) in [6.45, 7) is 4.83. The minimum atomic E-state index is -0.729. The Morgan fingerprint density at radius 1 is 0.913 bits per heavy atom. The molecule has 2 saturated heterocycles. The van der Waals surface area contributed by atoms with E-state index in [2.05, 4.69) is 29.2 Å². The number of aliphatic hydroxyl groups is 1. The van der Waals surface area contributed by atoms with Crippen molar-refractivity contribution in [1.82, 2.24) is 4.90 Å². The van der Waals surface area contributed by atoms with Crippen LogP contribution >= 0.6 is 0 Å². The van der Waals surface area contributed by atoms with Gasteiger partial charge in [-0.2, -0.15) is 0 Å². The molecule has 3 aliphatic rings. The van der Waals surface area contributed by atoms with Crippen molar-refractivity contribution >= 4 is 0 Å². The van der Waals surface area contributed by atoms with Crippen LogP contribution in [0.1, 0.15) is 49.7 Å². The monoisotopic (exact) mass is 317 g/mol. The van der Waals surface area contributed by atoms with Crippen molar-refractivity contribution in [1.29, 1.82) is 0 Å². The largest absolute Gasteiger partial charge is 0.385 e. The van der Waals surface area contributed by atoms with Gasteiger partial charge in [0.1, 0.15) is 0 Å². The van der Waals surface area contributed by atoms with Crippen LogP contribution in [-0.2, 0) is 21.6 Å². The van der Waals surface area contributed by atoms with Gasteiger partial charge < -0.3 is 14.6 Å². The maximum absolute atomic E-state index is 11.0. The van der Waals surface area contributed by atoms with E-state index in [1.165, 1.54) is 31.5 Å². The summed E-state index contributed by atoms with van der Waals surface area (Å²) >= 11 is 0. The number of benzene rings is 1. The second-order valence-electron chi connectivity index (χ2n) is 7.32. The molecule has 0 atom stereocenters. The van der Waals surface area contributed by atoms with Gasteiger partial charge in [-0.05, 0) is 49.9 Å². The highest BCUT2D eigenvalue weighted by atomic mass is 16.7. The highest BCUT2D eigenvalue weighted by Crippen LogP contribution is 2.44. The first-order chi connectivity index (χ1) is 11.2. The Kier molecular flexibility index (Phi) is 4.18. The fraction of sp³-hybridized carbons (Fsp3) is 0.684. The molecule has 2 aliphatic heterocycles. The Morgan fingerprint density at radius 2 is 1.52 bits per heavy atom. The van der Waals surface area contributed by atoms with Gasteiger partial charge in [-0.3, -0.25) is 4.90 Å². The van der Waals surface area contributed by atoms with Crippen LogP contribution in [0.2, 0.25) is 0 Å². The van der Waals surface area contributed by atoms with Crippen molar-refractivity contribution in [3.8, 4) is 0 Å². The van der Waals surface area contributed by atoms with E-state index in [1.54, 1.807) is 0 Å². The van der Waals surface area contributed by atoms with Crippen LogP contribution in [-0.4, -0.2) is 42.1 Å². The maximum Gasteiger partial charge on any atom is 0.168 e. The van der Waals surface area contributed by atoms with Crippen LogP contribution < -0.4 is 0 Å². The molecule has 0 unspecified atom stereocenters. The van der Waals surface area contributed by atoms with E-state index >= 15 is 0 Å². The standard InChI is InChI=1S/C19H27NO3/c21-18(7-9-19(10-8-18)22-13-14-23-19)17-5-3-16(4-6-17)15-20-11-1-2-12-20/h3-6,21H,1-2,7-15H2. The third-order valence-corrected chi connectivity index (χ3v) is 5.75. The first kappa shape index (κ1) is 15.6. The van der Waals surface area contributed by atoms with Gasteiger partial charge in [-0.1, -0.05) is 24.3 Å². The second kappa shape index (κ2) is 6.17. The molecule has 126 valence electrons. The minimum Gasteiger partial charge on any atom is -0.385 e. The van der Waals surface area contributed by atoms with Gasteiger partial charge in [-0.15, -0.1) is 0 Å². The van der Waals surface area contributed by atoms with Crippen LogP contribution in [0.5, 0.6) is 0 Å². The van der Waals surface area contributed by atoms with Crippen molar-refractivity contribution < 1.29 is 14.6 Å². The Labute approximate surface area is 138 Å². The van der Waals surface area contributed by atoms with Gasteiger partial charge in [-0.25, -0.2) is 0 Å². The predicted octanol–water partition coefficient (Wildman–Crippen LogP) is 2.79. The number of rotatable bonds is 3. The lowest BCUT2D eigenvalue weighted by atomic mass is 9.77. The maximum atomic E-state index is 11.0. The van der Waals surface area contributed by atoms with E-state index in [-0.39, 0.29) is 0 Å². The van der Waals surface area contributed by atoms with Crippen LogP contribution in [0.4, 0.5) is 0 Å². The lowest BCUT2D eigenvalue weighted by Gasteiger charge is -2.40. The summed E-state index contributed by atoms with van der Waals surface area (Å²) in [5.74, 6) is -0.415. The smallest absolute Gasteiger partial charge is 0.168 e. The summed E-state index contributed by atoms with van der Waals surface area (Å²) in [6.07, 6.45) is 5.61. The van der Waals surface area contributed by atoms with Crippen LogP contribution in [0.15, 0.2) is 24.3 Å². The molecule has 4 heteroatoms. The Bertz CT molecular complexity index is 520. The average Bonchev–Trinajstić information content (AvgIpc) is 3.24. The van der Waals surface area contributed by atoms with Gasteiger partial charge in [0.25, 0.3) is 0 Å². The van der Waals surface area contributed by atoms with Gasteiger partial charge in [0.2, 0.25) is 0 Å². The molecule has 23 heavy (non-hydrogen) atoms. The molecule has 1 aliphatic carbocycles. The summed E-state index contributed by atoms with van der Waals surface area (Å²) < 4.78 is 11.5. The predicted molar refractivity (Wildman–Crippen MR) is 88.0 cm³/mol. The topological polar surface area (TPSA) is 41.9 Å². The molecule has 1 saturated carbocycles. The Hall–Kier alpha value is -0.940. The zero-order chi connectivity index (χ0) is 15.8. The molecule has 3 fully saturated rings. The Morgan fingerprint density at radius 3 is 2.13 bits per heavy atom. The highest BCUT2D eigenvalue weighted by molar-refractivity contribution is 5.28. The van der Waals surface area contributed by atoms with Crippen LogP contribution in [0, 0.1) is 0 Å².